The van der Waals surface area contributed by atoms with Gasteiger partial charge in [0, 0.05) is 23.4 Å². The van der Waals surface area contributed by atoms with Crippen molar-refractivity contribution in [2.75, 3.05) is 7.11 Å². The maximum absolute atomic E-state index is 11.9. The molecule has 0 saturated carbocycles. The van der Waals surface area contributed by atoms with Crippen LogP contribution in [0.4, 0.5) is 0 Å². The monoisotopic (exact) mass is 268 g/mol. The number of carbonyl (C=O) groups is 2. The predicted octanol–water partition coefficient (Wildman–Crippen LogP) is 3.56. The SMILES string of the molecule is COC(=O)CCCCC(=O)c1ccc(Cl)c(C)c1. The van der Waals surface area contributed by atoms with Gasteiger partial charge in [-0.25, -0.2) is 0 Å². The molecule has 0 radical (unpaired) electrons. The summed E-state index contributed by atoms with van der Waals surface area (Å²) in [6, 6.07) is 5.27. The van der Waals surface area contributed by atoms with Gasteiger partial charge in [-0.3, -0.25) is 9.59 Å². The number of hydrogen-bond acceptors (Lipinski definition) is 3. The Morgan fingerprint density at radius 2 is 1.89 bits per heavy atom. The lowest BCUT2D eigenvalue weighted by Gasteiger charge is -2.03. The van der Waals surface area contributed by atoms with Crippen molar-refractivity contribution in [1.82, 2.24) is 0 Å². The quantitative estimate of drug-likeness (QED) is 0.450. The summed E-state index contributed by atoms with van der Waals surface area (Å²) in [7, 11) is 1.37. The first kappa shape index (κ1) is 14.7. The molecule has 1 aromatic carbocycles. The van der Waals surface area contributed by atoms with Crippen LogP contribution in [0.5, 0.6) is 0 Å². The summed E-state index contributed by atoms with van der Waals surface area (Å²) >= 11 is 5.90. The molecule has 0 aromatic heterocycles. The zero-order chi connectivity index (χ0) is 13.5. The Labute approximate surface area is 112 Å². The lowest BCUT2D eigenvalue weighted by Crippen LogP contribution is -2.02. The van der Waals surface area contributed by atoms with E-state index in [-0.39, 0.29) is 11.8 Å². The van der Waals surface area contributed by atoms with Crippen LogP contribution in [0.3, 0.4) is 0 Å². The van der Waals surface area contributed by atoms with Gasteiger partial charge in [0.2, 0.25) is 0 Å². The van der Waals surface area contributed by atoms with Gasteiger partial charge in [0.1, 0.15) is 0 Å². The van der Waals surface area contributed by atoms with Crippen LogP contribution in [0.15, 0.2) is 18.2 Å². The Morgan fingerprint density at radius 3 is 2.50 bits per heavy atom. The Balaban J connectivity index is 2.41. The first-order valence-corrected chi connectivity index (χ1v) is 6.28. The number of hydrogen-bond donors (Lipinski definition) is 0. The van der Waals surface area contributed by atoms with Gasteiger partial charge in [0.25, 0.3) is 0 Å². The highest BCUT2D eigenvalue weighted by Crippen LogP contribution is 2.18. The summed E-state index contributed by atoms with van der Waals surface area (Å²) in [6.07, 6.45) is 2.17. The highest BCUT2D eigenvalue weighted by atomic mass is 35.5. The van der Waals surface area contributed by atoms with Crippen molar-refractivity contribution >= 4 is 23.4 Å². The van der Waals surface area contributed by atoms with Gasteiger partial charge < -0.3 is 4.74 Å². The second-order valence-corrected chi connectivity index (χ2v) is 4.58. The molecular formula is C14H17ClO3. The van der Waals surface area contributed by atoms with Gasteiger partial charge >= 0.3 is 5.97 Å². The molecule has 0 heterocycles. The first-order chi connectivity index (χ1) is 8.54. The molecular weight excluding hydrogens is 252 g/mol. The molecule has 1 rings (SSSR count). The second kappa shape index (κ2) is 7.17. The molecule has 0 atom stereocenters. The van der Waals surface area contributed by atoms with Gasteiger partial charge in [0.15, 0.2) is 5.78 Å². The largest absolute Gasteiger partial charge is 0.469 e. The number of carbonyl (C=O) groups excluding carboxylic acids is 2. The molecule has 0 fully saturated rings. The van der Waals surface area contributed by atoms with E-state index < -0.39 is 0 Å². The number of aryl methyl sites for hydroxylation is 1. The molecule has 0 aliphatic heterocycles. The summed E-state index contributed by atoms with van der Waals surface area (Å²) in [5.41, 5.74) is 1.58. The molecule has 98 valence electrons. The summed E-state index contributed by atoms with van der Waals surface area (Å²) < 4.78 is 4.53. The van der Waals surface area contributed by atoms with Crippen molar-refractivity contribution in [3.05, 3.63) is 34.3 Å². The highest BCUT2D eigenvalue weighted by Gasteiger charge is 2.08. The Kier molecular flexibility index (Phi) is 5.86. The Hall–Kier alpha value is -1.35. The standard InChI is InChI=1S/C14H17ClO3/c1-10-9-11(7-8-12(10)15)13(16)5-3-4-6-14(17)18-2/h7-9H,3-6H2,1-2H3. The Morgan fingerprint density at radius 1 is 1.22 bits per heavy atom. The smallest absolute Gasteiger partial charge is 0.305 e. The van der Waals surface area contributed by atoms with Crippen LogP contribution in [0, 0.1) is 6.92 Å². The fourth-order valence-corrected chi connectivity index (χ4v) is 1.74. The average molecular weight is 269 g/mol. The van der Waals surface area contributed by atoms with Crippen molar-refractivity contribution in [2.45, 2.75) is 32.6 Å². The van der Waals surface area contributed by atoms with Gasteiger partial charge in [-0.15, -0.1) is 0 Å². The van der Waals surface area contributed by atoms with Crippen LogP contribution in [-0.2, 0) is 9.53 Å². The number of halogens is 1. The molecule has 0 aliphatic carbocycles. The minimum absolute atomic E-state index is 0.0830. The molecule has 0 N–H and O–H groups in total. The van der Waals surface area contributed by atoms with E-state index in [0.29, 0.717) is 36.3 Å². The molecule has 0 spiro atoms. The number of esters is 1. The van der Waals surface area contributed by atoms with Crippen LogP contribution >= 0.6 is 11.6 Å². The molecule has 0 bridgehead atoms. The van der Waals surface area contributed by atoms with E-state index >= 15 is 0 Å². The Bertz CT molecular complexity index is 441. The van der Waals surface area contributed by atoms with Crippen LogP contribution in [0.1, 0.15) is 41.6 Å². The van der Waals surface area contributed by atoms with Crippen LogP contribution < -0.4 is 0 Å². The number of ether oxygens (including phenoxy) is 1. The number of unbranched alkanes of at least 4 members (excludes halogenated alkanes) is 1. The number of benzene rings is 1. The topological polar surface area (TPSA) is 43.4 Å². The average Bonchev–Trinajstić information content (AvgIpc) is 2.37. The lowest BCUT2D eigenvalue weighted by atomic mass is 10.0. The van der Waals surface area contributed by atoms with Crippen LogP contribution in [0.25, 0.3) is 0 Å². The van der Waals surface area contributed by atoms with E-state index in [0.717, 1.165) is 5.56 Å². The van der Waals surface area contributed by atoms with Crippen LogP contribution in [-0.4, -0.2) is 18.9 Å². The van der Waals surface area contributed by atoms with Crippen molar-refractivity contribution in [3.8, 4) is 0 Å². The maximum atomic E-state index is 11.9. The fourth-order valence-electron chi connectivity index (χ4n) is 1.62. The third-order valence-corrected chi connectivity index (χ3v) is 3.17. The number of ketones is 1. The van der Waals surface area contributed by atoms with Crippen LogP contribution in [0.2, 0.25) is 5.02 Å². The number of methoxy groups -OCH3 is 1. The molecule has 0 amide bonds. The first-order valence-electron chi connectivity index (χ1n) is 5.90. The zero-order valence-corrected chi connectivity index (χ0v) is 11.4. The van der Waals surface area contributed by atoms with Gasteiger partial charge in [-0.1, -0.05) is 11.6 Å². The third-order valence-electron chi connectivity index (χ3n) is 2.74. The minimum atomic E-state index is -0.232. The lowest BCUT2D eigenvalue weighted by molar-refractivity contribution is -0.140. The van der Waals surface area contributed by atoms with E-state index in [1.54, 1.807) is 18.2 Å². The van der Waals surface area contributed by atoms with E-state index in [2.05, 4.69) is 4.74 Å². The summed E-state index contributed by atoms with van der Waals surface area (Å²) in [4.78, 5) is 22.7. The molecule has 3 nitrogen and oxygen atoms in total. The third kappa shape index (κ3) is 4.49. The molecule has 18 heavy (non-hydrogen) atoms. The van der Waals surface area contributed by atoms with Gasteiger partial charge in [0.05, 0.1) is 7.11 Å². The summed E-state index contributed by atoms with van der Waals surface area (Å²) in [6.45, 7) is 1.87. The number of rotatable bonds is 6. The van der Waals surface area contributed by atoms with Crippen molar-refractivity contribution in [2.24, 2.45) is 0 Å². The van der Waals surface area contributed by atoms with Crippen molar-refractivity contribution < 1.29 is 14.3 Å². The van der Waals surface area contributed by atoms with E-state index in [1.165, 1.54) is 7.11 Å². The highest BCUT2D eigenvalue weighted by molar-refractivity contribution is 6.31. The predicted molar refractivity (Wildman–Crippen MR) is 71.0 cm³/mol. The molecule has 0 saturated heterocycles. The number of Topliss-reactive ketones (excluding diaryl/α,β-unsaturated/α-hetero) is 1. The van der Waals surface area contributed by atoms with Crippen molar-refractivity contribution in [3.63, 3.8) is 0 Å². The minimum Gasteiger partial charge on any atom is -0.469 e. The summed E-state index contributed by atoms with van der Waals surface area (Å²) in [5, 5.41) is 0.664. The fraction of sp³-hybridized carbons (Fsp3) is 0.429. The van der Waals surface area contributed by atoms with Gasteiger partial charge in [-0.2, -0.15) is 0 Å². The molecule has 4 heteroatoms. The van der Waals surface area contributed by atoms with E-state index in [4.69, 9.17) is 11.6 Å². The second-order valence-electron chi connectivity index (χ2n) is 4.17. The molecule has 0 aliphatic rings. The normalized spacial score (nSPS) is 10.2. The van der Waals surface area contributed by atoms with Crippen molar-refractivity contribution in [1.29, 1.82) is 0 Å². The zero-order valence-electron chi connectivity index (χ0n) is 10.7. The molecule has 0 unspecified atom stereocenters. The summed E-state index contributed by atoms with van der Waals surface area (Å²) in [5.74, 6) is -0.149. The van der Waals surface area contributed by atoms with E-state index in [9.17, 15) is 9.59 Å². The van der Waals surface area contributed by atoms with E-state index in [1.807, 2.05) is 6.92 Å². The molecule has 1 aromatic rings. The van der Waals surface area contributed by atoms with Gasteiger partial charge in [-0.05, 0) is 43.5 Å². The maximum Gasteiger partial charge on any atom is 0.305 e.